The average Bonchev–Trinajstić information content (AvgIpc) is 2.26. The van der Waals surface area contributed by atoms with Gasteiger partial charge in [-0.25, -0.2) is 0 Å². The Kier molecular flexibility index (Phi) is 5.43. The van der Waals surface area contributed by atoms with Crippen LogP contribution < -0.4 is 5.32 Å². The maximum Gasteiger partial charge on any atom is 0.0891 e. The second-order valence-electron chi connectivity index (χ2n) is 4.41. The molecule has 3 nitrogen and oxygen atoms in total. The van der Waals surface area contributed by atoms with Crippen LogP contribution in [0.1, 0.15) is 32.2 Å². The summed E-state index contributed by atoms with van der Waals surface area (Å²) in [4.78, 5) is 4.51. The predicted molar refractivity (Wildman–Crippen MR) is 66.1 cm³/mol. The van der Waals surface area contributed by atoms with Crippen LogP contribution in [0.15, 0.2) is 18.2 Å². The van der Waals surface area contributed by atoms with E-state index in [1.807, 2.05) is 25.2 Å². The van der Waals surface area contributed by atoms with E-state index < -0.39 is 0 Å². The Morgan fingerprint density at radius 3 is 2.56 bits per heavy atom. The Balaban J connectivity index is 2.50. The number of pyridine rings is 1. The molecule has 0 fully saturated rings. The first-order valence-electron chi connectivity index (χ1n) is 5.84. The van der Waals surface area contributed by atoms with E-state index in [-0.39, 0.29) is 6.10 Å². The lowest BCUT2D eigenvalue weighted by Crippen LogP contribution is -2.16. The third-order valence-electron chi connectivity index (χ3n) is 2.66. The highest BCUT2D eigenvalue weighted by molar-refractivity contribution is 5.10. The molecule has 0 saturated carbocycles. The van der Waals surface area contributed by atoms with Crippen molar-refractivity contribution < 1.29 is 4.74 Å². The number of nitrogens with zero attached hydrogens (tertiary/aromatic N) is 1. The standard InChI is InChI=1S/C13H22N2O/c1-10(2)11(3)16-9-13-7-5-6-12(15-13)8-14-4/h5-7,10-11,14H,8-9H2,1-4H3. The molecule has 0 spiro atoms. The first kappa shape index (κ1) is 13.1. The normalized spacial score (nSPS) is 13.1. The van der Waals surface area contributed by atoms with Crippen LogP contribution in [0, 0.1) is 5.92 Å². The molecule has 16 heavy (non-hydrogen) atoms. The topological polar surface area (TPSA) is 34.1 Å². The average molecular weight is 222 g/mol. The molecule has 0 aliphatic heterocycles. The Morgan fingerprint density at radius 1 is 1.25 bits per heavy atom. The minimum absolute atomic E-state index is 0.273. The summed E-state index contributed by atoms with van der Waals surface area (Å²) in [5.74, 6) is 0.542. The molecule has 3 heteroatoms. The van der Waals surface area contributed by atoms with Gasteiger partial charge in [-0.2, -0.15) is 0 Å². The van der Waals surface area contributed by atoms with Crippen LogP contribution >= 0.6 is 0 Å². The SMILES string of the molecule is CNCc1cccc(COC(C)C(C)C)n1. The Labute approximate surface area is 98.2 Å². The van der Waals surface area contributed by atoms with Gasteiger partial charge in [0.1, 0.15) is 0 Å². The summed E-state index contributed by atoms with van der Waals surface area (Å²) in [5.41, 5.74) is 2.06. The van der Waals surface area contributed by atoms with Crippen LogP contribution in [-0.4, -0.2) is 18.1 Å². The number of aromatic nitrogens is 1. The first-order valence-corrected chi connectivity index (χ1v) is 5.84. The molecule has 1 aromatic heterocycles. The van der Waals surface area contributed by atoms with Crippen molar-refractivity contribution in [1.82, 2.24) is 10.3 Å². The molecule has 1 rings (SSSR count). The highest BCUT2D eigenvalue weighted by Crippen LogP contribution is 2.08. The third-order valence-corrected chi connectivity index (χ3v) is 2.66. The van der Waals surface area contributed by atoms with Crippen molar-refractivity contribution in [3.63, 3.8) is 0 Å². The Hall–Kier alpha value is -0.930. The van der Waals surface area contributed by atoms with Crippen molar-refractivity contribution in [2.45, 2.75) is 40.0 Å². The summed E-state index contributed by atoms with van der Waals surface area (Å²) in [6.45, 7) is 7.82. The van der Waals surface area contributed by atoms with Crippen molar-refractivity contribution >= 4 is 0 Å². The largest absolute Gasteiger partial charge is 0.372 e. The zero-order chi connectivity index (χ0) is 12.0. The van der Waals surface area contributed by atoms with Crippen LogP contribution in [0.2, 0.25) is 0 Å². The van der Waals surface area contributed by atoms with Gasteiger partial charge in [0, 0.05) is 6.54 Å². The molecule has 0 radical (unpaired) electrons. The molecule has 0 aliphatic carbocycles. The fourth-order valence-corrected chi connectivity index (χ4v) is 1.30. The molecule has 0 aliphatic rings. The molecule has 1 N–H and O–H groups in total. The zero-order valence-electron chi connectivity index (χ0n) is 10.7. The Bertz CT molecular complexity index is 313. The molecule has 90 valence electrons. The highest BCUT2D eigenvalue weighted by atomic mass is 16.5. The molecule has 0 amide bonds. The van der Waals surface area contributed by atoms with E-state index in [1.54, 1.807) is 0 Å². The lowest BCUT2D eigenvalue weighted by atomic mass is 10.1. The van der Waals surface area contributed by atoms with E-state index in [9.17, 15) is 0 Å². The van der Waals surface area contributed by atoms with Crippen LogP contribution in [0.4, 0.5) is 0 Å². The van der Waals surface area contributed by atoms with Crippen LogP contribution in [0.3, 0.4) is 0 Å². The lowest BCUT2D eigenvalue weighted by Gasteiger charge is -2.16. The van der Waals surface area contributed by atoms with Crippen molar-refractivity contribution in [2.75, 3.05) is 7.05 Å². The molecular formula is C13H22N2O. The van der Waals surface area contributed by atoms with Gasteiger partial charge in [-0.05, 0) is 32.0 Å². The van der Waals surface area contributed by atoms with Gasteiger partial charge < -0.3 is 10.1 Å². The fraction of sp³-hybridized carbons (Fsp3) is 0.615. The minimum atomic E-state index is 0.273. The van der Waals surface area contributed by atoms with E-state index in [2.05, 4.69) is 31.1 Å². The molecule has 0 bridgehead atoms. The van der Waals surface area contributed by atoms with Gasteiger partial charge in [0.2, 0.25) is 0 Å². The van der Waals surface area contributed by atoms with Crippen LogP contribution in [0.25, 0.3) is 0 Å². The summed E-state index contributed by atoms with van der Waals surface area (Å²) in [6, 6.07) is 6.05. The zero-order valence-corrected chi connectivity index (χ0v) is 10.7. The second-order valence-corrected chi connectivity index (χ2v) is 4.41. The minimum Gasteiger partial charge on any atom is -0.372 e. The quantitative estimate of drug-likeness (QED) is 0.802. The number of rotatable bonds is 6. The molecule has 0 saturated heterocycles. The van der Waals surface area contributed by atoms with Gasteiger partial charge in [-0.3, -0.25) is 4.98 Å². The maximum absolute atomic E-state index is 5.74. The van der Waals surface area contributed by atoms with Gasteiger partial charge in [-0.15, -0.1) is 0 Å². The molecule has 1 aromatic rings. The summed E-state index contributed by atoms with van der Waals surface area (Å²) in [7, 11) is 1.92. The summed E-state index contributed by atoms with van der Waals surface area (Å²) in [6.07, 6.45) is 0.273. The van der Waals surface area contributed by atoms with Crippen molar-refractivity contribution in [3.8, 4) is 0 Å². The van der Waals surface area contributed by atoms with Gasteiger partial charge in [0.25, 0.3) is 0 Å². The van der Waals surface area contributed by atoms with Crippen molar-refractivity contribution in [1.29, 1.82) is 0 Å². The monoisotopic (exact) mass is 222 g/mol. The van der Waals surface area contributed by atoms with E-state index in [0.29, 0.717) is 12.5 Å². The maximum atomic E-state index is 5.74. The van der Waals surface area contributed by atoms with Gasteiger partial charge >= 0.3 is 0 Å². The third kappa shape index (κ3) is 4.29. The second kappa shape index (κ2) is 6.61. The summed E-state index contributed by atoms with van der Waals surface area (Å²) in [5, 5.41) is 3.09. The number of nitrogens with one attached hydrogen (secondary N) is 1. The van der Waals surface area contributed by atoms with E-state index >= 15 is 0 Å². The Morgan fingerprint density at radius 2 is 1.94 bits per heavy atom. The molecule has 1 unspecified atom stereocenters. The van der Waals surface area contributed by atoms with E-state index in [0.717, 1.165) is 17.9 Å². The summed E-state index contributed by atoms with van der Waals surface area (Å²) >= 11 is 0. The smallest absolute Gasteiger partial charge is 0.0891 e. The lowest BCUT2D eigenvalue weighted by molar-refractivity contribution is 0.0217. The van der Waals surface area contributed by atoms with Crippen LogP contribution in [0.5, 0.6) is 0 Å². The van der Waals surface area contributed by atoms with Crippen LogP contribution in [-0.2, 0) is 17.9 Å². The molecular weight excluding hydrogens is 200 g/mol. The molecule has 1 heterocycles. The van der Waals surface area contributed by atoms with Gasteiger partial charge in [0.05, 0.1) is 24.1 Å². The van der Waals surface area contributed by atoms with E-state index in [1.165, 1.54) is 0 Å². The number of hydrogen-bond donors (Lipinski definition) is 1. The molecule has 1 atom stereocenters. The number of ether oxygens (including phenoxy) is 1. The van der Waals surface area contributed by atoms with Gasteiger partial charge in [-0.1, -0.05) is 19.9 Å². The van der Waals surface area contributed by atoms with Gasteiger partial charge in [0.15, 0.2) is 0 Å². The summed E-state index contributed by atoms with van der Waals surface area (Å²) < 4.78 is 5.74. The van der Waals surface area contributed by atoms with E-state index in [4.69, 9.17) is 4.74 Å². The predicted octanol–water partition coefficient (Wildman–Crippen LogP) is 2.36. The fourth-order valence-electron chi connectivity index (χ4n) is 1.30. The first-order chi connectivity index (χ1) is 7.63. The van der Waals surface area contributed by atoms with Crippen molar-refractivity contribution in [2.24, 2.45) is 5.92 Å². The molecule has 0 aromatic carbocycles. The highest BCUT2D eigenvalue weighted by Gasteiger charge is 2.07. The number of hydrogen-bond acceptors (Lipinski definition) is 3. The van der Waals surface area contributed by atoms with Crippen molar-refractivity contribution in [3.05, 3.63) is 29.6 Å².